The van der Waals surface area contributed by atoms with Gasteiger partial charge in [-0.05, 0) is 30.3 Å². The predicted octanol–water partition coefficient (Wildman–Crippen LogP) is 3.95. The number of thiazole rings is 1. The average molecular weight is 362 g/mol. The maximum Gasteiger partial charge on any atom is 0.293 e. The largest absolute Gasteiger partial charge is 0.496 e. The summed E-state index contributed by atoms with van der Waals surface area (Å²) >= 11 is 1.22. The van der Waals surface area contributed by atoms with Crippen molar-refractivity contribution in [2.75, 3.05) is 19.5 Å². The molecule has 0 aliphatic rings. The molecule has 0 radical (unpaired) electrons. The van der Waals surface area contributed by atoms with Crippen LogP contribution in [-0.4, -0.2) is 25.1 Å². The highest BCUT2D eigenvalue weighted by Crippen LogP contribution is 2.32. The Morgan fingerprint density at radius 3 is 2.92 bits per heavy atom. The van der Waals surface area contributed by atoms with Crippen molar-refractivity contribution in [3.63, 3.8) is 0 Å². The van der Waals surface area contributed by atoms with Gasteiger partial charge in [0.05, 0.1) is 12.8 Å². The lowest BCUT2D eigenvalue weighted by molar-refractivity contribution is 0.0987. The minimum atomic E-state index is -0.422. The van der Waals surface area contributed by atoms with E-state index >= 15 is 0 Å². The van der Waals surface area contributed by atoms with Crippen LogP contribution in [0.5, 0.6) is 5.75 Å². The smallest absolute Gasteiger partial charge is 0.293 e. The normalized spacial score (nSPS) is 10.7. The number of aromatic nitrogens is 1. The van der Waals surface area contributed by atoms with Crippen molar-refractivity contribution in [2.24, 2.45) is 0 Å². The van der Waals surface area contributed by atoms with Crippen molar-refractivity contribution in [3.8, 4) is 17.0 Å². The summed E-state index contributed by atoms with van der Waals surface area (Å²) in [6, 6.07) is 7.41. The van der Waals surface area contributed by atoms with Crippen molar-refractivity contribution >= 4 is 22.4 Å². The summed E-state index contributed by atoms with van der Waals surface area (Å²) in [7, 11) is 3.04. The lowest BCUT2D eigenvalue weighted by atomic mass is 10.1. The fourth-order valence-electron chi connectivity index (χ4n) is 2.21. The van der Waals surface area contributed by atoms with Crippen LogP contribution >= 0.6 is 11.3 Å². The zero-order valence-electron chi connectivity index (χ0n) is 13.5. The number of methoxy groups -OCH3 is 2. The molecular formula is C17H15FN2O4S. The van der Waals surface area contributed by atoms with E-state index in [1.54, 1.807) is 24.6 Å². The summed E-state index contributed by atoms with van der Waals surface area (Å²) in [5.74, 6) is 0.397. The van der Waals surface area contributed by atoms with E-state index in [1.165, 1.54) is 36.6 Å². The van der Waals surface area contributed by atoms with Gasteiger partial charge in [0.25, 0.3) is 5.91 Å². The van der Waals surface area contributed by atoms with E-state index in [0.717, 1.165) is 0 Å². The van der Waals surface area contributed by atoms with Crippen LogP contribution in [0.3, 0.4) is 0 Å². The second kappa shape index (κ2) is 7.45. The third kappa shape index (κ3) is 3.86. The number of furan rings is 1. The first-order valence-electron chi connectivity index (χ1n) is 7.29. The molecule has 0 atom stereocenters. The number of benzene rings is 1. The summed E-state index contributed by atoms with van der Waals surface area (Å²) < 4.78 is 29.0. The molecule has 0 spiro atoms. The Morgan fingerprint density at radius 1 is 1.32 bits per heavy atom. The number of nitrogens with zero attached hydrogens (tertiary/aromatic N) is 1. The Morgan fingerprint density at radius 2 is 2.16 bits per heavy atom. The highest BCUT2D eigenvalue weighted by Gasteiger charge is 2.15. The number of hydrogen-bond donors (Lipinski definition) is 1. The summed E-state index contributed by atoms with van der Waals surface area (Å²) in [4.78, 5) is 16.5. The van der Waals surface area contributed by atoms with Crippen LogP contribution < -0.4 is 10.1 Å². The third-order valence-corrected chi connectivity index (χ3v) is 4.09. The summed E-state index contributed by atoms with van der Waals surface area (Å²) in [5.41, 5.74) is 1.02. The van der Waals surface area contributed by atoms with Gasteiger partial charge in [-0.1, -0.05) is 0 Å². The van der Waals surface area contributed by atoms with Crippen molar-refractivity contribution in [3.05, 3.63) is 53.0 Å². The molecule has 2 heterocycles. The van der Waals surface area contributed by atoms with Gasteiger partial charge in [0, 0.05) is 18.1 Å². The molecule has 130 valence electrons. The number of carbonyl (C=O) groups is 1. The Balaban J connectivity index is 1.77. The zero-order valence-corrected chi connectivity index (χ0v) is 14.4. The van der Waals surface area contributed by atoms with Crippen molar-refractivity contribution in [1.82, 2.24) is 4.98 Å². The van der Waals surface area contributed by atoms with E-state index in [1.807, 2.05) is 0 Å². The average Bonchev–Trinajstić information content (AvgIpc) is 3.25. The maximum absolute atomic E-state index is 13.5. The van der Waals surface area contributed by atoms with Gasteiger partial charge in [-0.3, -0.25) is 10.1 Å². The van der Waals surface area contributed by atoms with E-state index in [9.17, 15) is 9.18 Å². The van der Waals surface area contributed by atoms with E-state index in [2.05, 4.69) is 10.3 Å². The van der Waals surface area contributed by atoms with Crippen molar-refractivity contribution in [2.45, 2.75) is 6.61 Å². The van der Waals surface area contributed by atoms with E-state index in [0.29, 0.717) is 27.9 Å². The summed E-state index contributed by atoms with van der Waals surface area (Å²) in [6.45, 7) is 0.286. The fraction of sp³-hybridized carbons (Fsp3) is 0.176. The van der Waals surface area contributed by atoms with Gasteiger partial charge < -0.3 is 13.9 Å². The molecule has 0 aliphatic heterocycles. The van der Waals surface area contributed by atoms with Gasteiger partial charge in [0.2, 0.25) is 0 Å². The fourth-order valence-corrected chi connectivity index (χ4v) is 2.92. The topological polar surface area (TPSA) is 73.6 Å². The first-order chi connectivity index (χ1) is 12.1. The van der Waals surface area contributed by atoms with Crippen molar-refractivity contribution in [1.29, 1.82) is 0 Å². The minimum absolute atomic E-state index is 0.159. The highest BCUT2D eigenvalue weighted by molar-refractivity contribution is 7.14. The Bertz CT molecular complexity index is 890. The lowest BCUT2D eigenvalue weighted by Crippen LogP contribution is -2.10. The summed E-state index contributed by atoms with van der Waals surface area (Å²) in [6.07, 6.45) is 0. The zero-order chi connectivity index (χ0) is 17.8. The van der Waals surface area contributed by atoms with Crippen LogP contribution in [0.4, 0.5) is 9.52 Å². The van der Waals surface area contributed by atoms with Gasteiger partial charge >= 0.3 is 0 Å². The molecule has 0 saturated heterocycles. The standard InChI is InChI=1S/C17H15FN2O4S/c1-22-8-11-4-6-15(24-11)16(21)20-17-19-13(9-25-17)12-7-10(18)3-5-14(12)23-2/h3-7,9H,8H2,1-2H3,(H,19,20,21). The molecule has 0 saturated carbocycles. The molecule has 1 amide bonds. The lowest BCUT2D eigenvalue weighted by Gasteiger charge is -2.05. The molecule has 25 heavy (non-hydrogen) atoms. The molecule has 3 aromatic rings. The van der Waals surface area contributed by atoms with E-state index < -0.39 is 11.7 Å². The quantitative estimate of drug-likeness (QED) is 0.719. The van der Waals surface area contributed by atoms with Gasteiger partial charge in [0.1, 0.15) is 23.9 Å². The molecule has 6 nitrogen and oxygen atoms in total. The number of amides is 1. The predicted molar refractivity (Wildman–Crippen MR) is 91.4 cm³/mol. The SMILES string of the molecule is COCc1ccc(C(=O)Nc2nc(-c3cc(F)ccc3OC)cs2)o1. The number of anilines is 1. The Labute approximate surface area is 147 Å². The Hall–Kier alpha value is -2.71. The Kier molecular flexibility index (Phi) is 5.11. The molecule has 1 N–H and O–H groups in total. The van der Waals surface area contributed by atoms with Crippen molar-refractivity contribution < 1.29 is 23.1 Å². The molecule has 2 aromatic heterocycles. The second-order valence-electron chi connectivity index (χ2n) is 5.04. The molecule has 8 heteroatoms. The first-order valence-corrected chi connectivity index (χ1v) is 8.17. The molecule has 0 bridgehead atoms. The molecule has 0 unspecified atom stereocenters. The van der Waals surface area contributed by atoms with Crippen LogP contribution in [0.25, 0.3) is 11.3 Å². The molecule has 0 aliphatic carbocycles. The monoisotopic (exact) mass is 362 g/mol. The highest BCUT2D eigenvalue weighted by atomic mass is 32.1. The van der Waals surface area contributed by atoms with Crippen LogP contribution in [0, 0.1) is 5.82 Å². The number of nitrogens with one attached hydrogen (secondary N) is 1. The van der Waals surface area contributed by atoms with E-state index in [4.69, 9.17) is 13.9 Å². The number of carbonyl (C=O) groups excluding carboxylic acids is 1. The van der Waals surface area contributed by atoms with Crippen LogP contribution in [0.2, 0.25) is 0 Å². The van der Waals surface area contributed by atoms with Crippen LogP contribution in [-0.2, 0) is 11.3 Å². The molecule has 3 rings (SSSR count). The van der Waals surface area contributed by atoms with Crippen LogP contribution in [0.1, 0.15) is 16.3 Å². The molecule has 0 fully saturated rings. The summed E-state index contributed by atoms with van der Waals surface area (Å²) in [5, 5.41) is 4.74. The number of rotatable bonds is 6. The van der Waals surface area contributed by atoms with Gasteiger partial charge in [-0.25, -0.2) is 9.37 Å². The van der Waals surface area contributed by atoms with Gasteiger partial charge in [0.15, 0.2) is 10.9 Å². The van der Waals surface area contributed by atoms with Crippen LogP contribution in [0.15, 0.2) is 40.1 Å². The molecule has 1 aromatic carbocycles. The third-order valence-electron chi connectivity index (χ3n) is 3.33. The second-order valence-corrected chi connectivity index (χ2v) is 5.89. The van der Waals surface area contributed by atoms with E-state index in [-0.39, 0.29) is 12.4 Å². The number of halogens is 1. The van der Waals surface area contributed by atoms with Gasteiger partial charge in [-0.15, -0.1) is 11.3 Å². The number of hydrogen-bond acceptors (Lipinski definition) is 6. The first kappa shape index (κ1) is 17.1. The number of ether oxygens (including phenoxy) is 2. The van der Waals surface area contributed by atoms with Gasteiger partial charge in [-0.2, -0.15) is 0 Å². The maximum atomic E-state index is 13.5. The molecular weight excluding hydrogens is 347 g/mol. The minimum Gasteiger partial charge on any atom is -0.496 e.